The summed E-state index contributed by atoms with van der Waals surface area (Å²) in [5.41, 5.74) is 0.377. The number of rotatable bonds is 5. The number of Topliss-reactive ketones (excluding diaryl/α,β-unsaturated/α-hetero) is 1. The number of carbonyl (C=O) groups is 1. The Morgan fingerprint density at radius 3 is 2.67 bits per heavy atom. The molecular weight excluding hydrogens is 226 g/mol. The lowest BCUT2D eigenvalue weighted by Crippen LogP contribution is -2.44. The predicted octanol–water partition coefficient (Wildman–Crippen LogP) is 2.80. The second-order valence-electron chi connectivity index (χ2n) is 5.06. The van der Waals surface area contributed by atoms with Crippen molar-refractivity contribution >= 4 is 5.78 Å². The molecule has 0 aromatic heterocycles. The Bertz CT molecular complexity index is 405. The van der Waals surface area contributed by atoms with Crippen LogP contribution in [0.4, 0.5) is 0 Å². The van der Waals surface area contributed by atoms with Gasteiger partial charge in [0, 0.05) is 5.56 Å². The van der Waals surface area contributed by atoms with Gasteiger partial charge in [-0.05, 0) is 57.0 Å². The third-order valence-electron chi connectivity index (χ3n) is 3.46. The molecule has 1 unspecified atom stereocenters. The summed E-state index contributed by atoms with van der Waals surface area (Å²) in [7, 11) is 0. The number of ether oxygens (including phenoxy) is 1. The third kappa shape index (κ3) is 2.72. The zero-order chi connectivity index (χ0) is 13.0. The average Bonchev–Trinajstić information content (AvgIpc) is 2.84. The van der Waals surface area contributed by atoms with Crippen LogP contribution in [0.1, 0.15) is 43.5 Å². The van der Waals surface area contributed by atoms with Crippen molar-refractivity contribution < 1.29 is 9.53 Å². The highest BCUT2D eigenvalue weighted by molar-refractivity contribution is 6.03. The van der Waals surface area contributed by atoms with Gasteiger partial charge in [0.2, 0.25) is 0 Å². The first kappa shape index (κ1) is 13.1. The maximum absolute atomic E-state index is 12.4. The van der Waals surface area contributed by atoms with Crippen LogP contribution in [0.5, 0.6) is 5.75 Å². The second-order valence-corrected chi connectivity index (χ2v) is 5.06. The summed E-state index contributed by atoms with van der Waals surface area (Å²) < 4.78 is 5.51. The summed E-state index contributed by atoms with van der Waals surface area (Å²) >= 11 is 0. The number of carbonyl (C=O) groups excluding carboxylic acids is 1. The van der Waals surface area contributed by atoms with Gasteiger partial charge in [0.1, 0.15) is 5.75 Å². The minimum Gasteiger partial charge on any atom is -0.494 e. The largest absolute Gasteiger partial charge is 0.494 e. The summed E-state index contributed by atoms with van der Waals surface area (Å²) in [6.07, 6.45) is 2.97. The van der Waals surface area contributed by atoms with E-state index in [9.17, 15) is 4.79 Å². The Balaban J connectivity index is 2.07. The molecule has 2 rings (SSSR count). The smallest absolute Gasteiger partial charge is 0.182 e. The first-order chi connectivity index (χ1) is 8.65. The number of benzene rings is 1. The van der Waals surface area contributed by atoms with Crippen LogP contribution in [0.3, 0.4) is 0 Å². The van der Waals surface area contributed by atoms with Gasteiger partial charge in [-0.2, -0.15) is 0 Å². The highest BCUT2D eigenvalue weighted by Crippen LogP contribution is 2.24. The van der Waals surface area contributed by atoms with Gasteiger partial charge in [-0.3, -0.25) is 4.79 Å². The van der Waals surface area contributed by atoms with E-state index in [-0.39, 0.29) is 11.3 Å². The highest BCUT2D eigenvalue weighted by Gasteiger charge is 2.36. The molecule has 0 aliphatic carbocycles. The second kappa shape index (κ2) is 5.53. The maximum Gasteiger partial charge on any atom is 0.182 e. The van der Waals surface area contributed by atoms with Crippen LogP contribution < -0.4 is 10.1 Å². The molecule has 1 aliphatic heterocycles. The molecule has 1 atom stereocenters. The summed E-state index contributed by atoms with van der Waals surface area (Å²) in [6, 6.07) is 7.47. The van der Waals surface area contributed by atoms with E-state index < -0.39 is 0 Å². The fourth-order valence-electron chi connectivity index (χ4n) is 2.33. The minimum atomic E-state index is -0.383. The first-order valence-corrected chi connectivity index (χ1v) is 6.68. The zero-order valence-electron chi connectivity index (χ0n) is 11.2. The van der Waals surface area contributed by atoms with Crippen molar-refractivity contribution in [2.24, 2.45) is 0 Å². The van der Waals surface area contributed by atoms with Crippen molar-refractivity contribution in [2.75, 3.05) is 13.2 Å². The van der Waals surface area contributed by atoms with E-state index in [0.717, 1.165) is 37.1 Å². The quantitative estimate of drug-likeness (QED) is 0.813. The van der Waals surface area contributed by atoms with Crippen molar-refractivity contribution in [2.45, 2.75) is 38.6 Å². The molecule has 1 aromatic carbocycles. The van der Waals surface area contributed by atoms with E-state index in [4.69, 9.17) is 4.74 Å². The van der Waals surface area contributed by atoms with Crippen LogP contribution in [0.15, 0.2) is 24.3 Å². The lowest BCUT2D eigenvalue weighted by atomic mass is 9.90. The standard InChI is InChI=1S/C15H21NO2/c1-3-11-18-13-7-5-12(6-8-13)14(17)15(2)9-4-10-16-15/h5-8,16H,3-4,9-11H2,1-2H3. The molecule has 1 aromatic rings. The van der Waals surface area contributed by atoms with Gasteiger partial charge in [-0.15, -0.1) is 0 Å². The molecule has 3 nitrogen and oxygen atoms in total. The number of hydrogen-bond acceptors (Lipinski definition) is 3. The number of ketones is 1. The van der Waals surface area contributed by atoms with E-state index in [2.05, 4.69) is 12.2 Å². The topological polar surface area (TPSA) is 38.3 Å². The maximum atomic E-state index is 12.4. The van der Waals surface area contributed by atoms with Gasteiger partial charge in [-0.1, -0.05) is 6.92 Å². The molecule has 18 heavy (non-hydrogen) atoms. The van der Waals surface area contributed by atoms with Crippen LogP contribution in [0.2, 0.25) is 0 Å². The van der Waals surface area contributed by atoms with Gasteiger partial charge in [-0.25, -0.2) is 0 Å². The average molecular weight is 247 g/mol. The van der Waals surface area contributed by atoms with Gasteiger partial charge in [0.25, 0.3) is 0 Å². The van der Waals surface area contributed by atoms with E-state index >= 15 is 0 Å². The molecule has 1 saturated heterocycles. The Hall–Kier alpha value is -1.35. The van der Waals surface area contributed by atoms with Crippen molar-refractivity contribution in [3.63, 3.8) is 0 Å². The molecule has 1 N–H and O–H groups in total. The van der Waals surface area contributed by atoms with E-state index in [1.54, 1.807) is 0 Å². The van der Waals surface area contributed by atoms with Crippen LogP contribution >= 0.6 is 0 Å². The molecule has 0 bridgehead atoms. The molecule has 0 radical (unpaired) electrons. The normalized spacial score (nSPS) is 23.0. The Kier molecular flexibility index (Phi) is 4.02. The minimum absolute atomic E-state index is 0.182. The van der Waals surface area contributed by atoms with Crippen molar-refractivity contribution in [1.82, 2.24) is 5.32 Å². The van der Waals surface area contributed by atoms with Gasteiger partial charge >= 0.3 is 0 Å². The molecule has 0 spiro atoms. The SMILES string of the molecule is CCCOc1ccc(C(=O)C2(C)CCCN2)cc1. The Morgan fingerprint density at radius 1 is 1.39 bits per heavy atom. The van der Waals surface area contributed by atoms with Crippen molar-refractivity contribution in [3.8, 4) is 5.75 Å². The third-order valence-corrected chi connectivity index (χ3v) is 3.46. The molecule has 0 saturated carbocycles. The number of nitrogens with one attached hydrogen (secondary N) is 1. The zero-order valence-corrected chi connectivity index (χ0v) is 11.2. The molecule has 0 amide bonds. The monoisotopic (exact) mass is 247 g/mol. The number of hydrogen-bond donors (Lipinski definition) is 1. The van der Waals surface area contributed by atoms with Crippen molar-refractivity contribution in [1.29, 1.82) is 0 Å². The predicted molar refractivity (Wildman–Crippen MR) is 72.2 cm³/mol. The van der Waals surface area contributed by atoms with Gasteiger partial charge in [0.05, 0.1) is 12.1 Å². The molecule has 98 valence electrons. The van der Waals surface area contributed by atoms with Crippen LogP contribution in [0, 0.1) is 0 Å². The lowest BCUT2D eigenvalue weighted by Gasteiger charge is -2.22. The van der Waals surface area contributed by atoms with E-state index in [1.807, 2.05) is 31.2 Å². The fourth-order valence-corrected chi connectivity index (χ4v) is 2.33. The Labute approximate surface area is 109 Å². The van der Waals surface area contributed by atoms with E-state index in [1.165, 1.54) is 0 Å². The fraction of sp³-hybridized carbons (Fsp3) is 0.533. The van der Waals surface area contributed by atoms with Crippen LogP contribution in [0.25, 0.3) is 0 Å². The van der Waals surface area contributed by atoms with Gasteiger partial charge in [0.15, 0.2) is 5.78 Å². The Morgan fingerprint density at radius 2 is 2.11 bits per heavy atom. The summed E-state index contributed by atoms with van der Waals surface area (Å²) in [5.74, 6) is 1.01. The molecule has 3 heteroatoms. The highest BCUT2D eigenvalue weighted by atomic mass is 16.5. The van der Waals surface area contributed by atoms with Crippen LogP contribution in [-0.4, -0.2) is 24.5 Å². The summed E-state index contributed by atoms with van der Waals surface area (Å²) in [6.45, 7) is 5.71. The molecule has 1 heterocycles. The van der Waals surface area contributed by atoms with Gasteiger partial charge < -0.3 is 10.1 Å². The molecule has 1 fully saturated rings. The first-order valence-electron chi connectivity index (χ1n) is 6.68. The molecular formula is C15H21NO2. The van der Waals surface area contributed by atoms with Crippen LogP contribution in [-0.2, 0) is 0 Å². The molecule has 1 aliphatic rings. The lowest BCUT2D eigenvalue weighted by molar-refractivity contribution is 0.0884. The van der Waals surface area contributed by atoms with Crippen molar-refractivity contribution in [3.05, 3.63) is 29.8 Å². The van der Waals surface area contributed by atoms with E-state index in [0.29, 0.717) is 6.61 Å². The summed E-state index contributed by atoms with van der Waals surface area (Å²) in [5, 5.41) is 3.30. The summed E-state index contributed by atoms with van der Waals surface area (Å²) in [4.78, 5) is 12.4.